The Balaban J connectivity index is 2.18. The lowest BCUT2D eigenvalue weighted by Gasteiger charge is -2.35. The van der Waals surface area contributed by atoms with Gasteiger partial charge in [0.25, 0.3) is 0 Å². The van der Waals surface area contributed by atoms with Gasteiger partial charge in [-0.05, 0) is 0 Å². The molecule has 6 heteroatoms. The van der Waals surface area contributed by atoms with Gasteiger partial charge in [0.15, 0.2) is 0 Å². The van der Waals surface area contributed by atoms with E-state index < -0.39 is 0 Å². The average Bonchev–Trinajstić information content (AvgIpc) is 2.37. The third kappa shape index (κ3) is 3.18. The smallest absolute Gasteiger partial charge is 0.219 e. The van der Waals surface area contributed by atoms with Crippen LogP contribution in [-0.4, -0.2) is 47.0 Å². The number of carbonyl (C=O) groups is 1. The zero-order chi connectivity index (χ0) is 14.9. The van der Waals surface area contributed by atoms with Gasteiger partial charge < -0.3 is 15.5 Å². The number of rotatable bonds is 1. The second-order valence-electron chi connectivity index (χ2n) is 6.22. The number of hydrogen-bond acceptors (Lipinski definition) is 5. The molecule has 0 aliphatic carbocycles. The summed E-state index contributed by atoms with van der Waals surface area (Å²) in [5.41, 5.74) is 5.76. The van der Waals surface area contributed by atoms with Gasteiger partial charge in [-0.15, -0.1) is 0 Å². The summed E-state index contributed by atoms with van der Waals surface area (Å²) in [6.45, 7) is 10.8. The van der Waals surface area contributed by atoms with Crippen LogP contribution in [0.3, 0.4) is 0 Å². The number of anilines is 2. The van der Waals surface area contributed by atoms with Crippen LogP contribution >= 0.6 is 0 Å². The van der Waals surface area contributed by atoms with Crippen LogP contribution in [0.4, 0.5) is 11.6 Å². The Bertz CT molecular complexity index is 501. The molecule has 1 aliphatic heterocycles. The van der Waals surface area contributed by atoms with Crippen molar-refractivity contribution in [3.8, 4) is 0 Å². The molecular formula is C14H23N5O. The van der Waals surface area contributed by atoms with E-state index in [2.05, 4.69) is 35.6 Å². The molecule has 6 nitrogen and oxygen atoms in total. The molecule has 0 bridgehead atoms. The van der Waals surface area contributed by atoms with Crippen molar-refractivity contribution < 1.29 is 4.79 Å². The number of nitrogens with zero attached hydrogens (tertiary/aromatic N) is 4. The van der Waals surface area contributed by atoms with E-state index in [9.17, 15) is 4.79 Å². The standard InChI is InChI=1S/C14H23N5O/c1-10(20)18-5-7-19(8-6-18)12-9-11(15)16-13(17-12)14(2,3)4/h9H,5-8H2,1-4H3,(H2,15,16,17). The number of piperazine rings is 1. The molecule has 0 atom stereocenters. The zero-order valence-electron chi connectivity index (χ0n) is 12.7. The number of nitrogen functional groups attached to an aromatic ring is 1. The number of carbonyl (C=O) groups excluding carboxylic acids is 1. The molecule has 0 saturated carbocycles. The Kier molecular flexibility index (Phi) is 3.83. The third-order valence-electron chi connectivity index (χ3n) is 3.45. The van der Waals surface area contributed by atoms with Crippen LogP contribution in [0, 0.1) is 0 Å². The van der Waals surface area contributed by atoms with E-state index in [0.29, 0.717) is 5.82 Å². The van der Waals surface area contributed by atoms with E-state index in [0.717, 1.165) is 37.8 Å². The van der Waals surface area contributed by atoms with Crippen LogP contribution in [0.1, 0.15) is 33.5 Å². The normalized spacial score (nSPS) is 16.4. The van der Waals surface area contributed by atoms with Gasteiger partial charge in [0.2, 0.25) is 5.91 Å². The highest BCUT2D eigenvalue weighted by atomic mass is 16.2. The van der Waals surface area contributed by atoms with E-state index in [4.69, 9.17) is 5.73 Å². The molecule has 1 fully saturated rings. The Hall–Kier alpha value is -1.85. The summed E-state index contributed by atoms with van der Waals surface area (Å²) in [6, 6.07) is 1.80. The molecule has 1 aromatic rings. The minimum absolute atomic E-state index is 0.127. The number of amides is 1. The first-order chi connectivity index (χ1) is 9.27. The first-order valence-electron chi connectivity index (χ1n) is 6.93. The second-order valence-corrected chi connectivity index (χ2v) is 6.22. The lowest BCUT2D eigenvalue weighted by Crippen LogP contribution is -2.48. The van der Waals surface area contributed by atoms with Gasteiger partial charge in [0, 0.05) is 44.6 Å². The topological polar surface area (TPSA) is 75.4 Å². The Morgan fingerprint density at radius 2 is 1.80 bits per heavy atom. The van der Waals surface area contributed by atoms with Gasteiger partial charge in [-0.25, -0.2) is 9.97 Å². The zero-order valence-corrected chi connectivity index (χ0v) is 12.7. The largest absolute Gasteiger partial charge is 0.384 e. The first-order valence-corrected chi connectivity index (χ1v) is 6.93. The van der Waals surface area contributed by atoms with Crippen LogP contribution in [0.5, 0.6) is 0 Å². The summed E-state index contributed by atoms with van der Waals surface area (Å²) in [5, 5.41) is 0. The molecule has 2 N–H and O–H groups in total. The van der Waals surface area contributed by atoms with Gasteiger partial charge >= 0.3 is 0 Å². The molecule has 0 radical (unpaired) electrons. The summed E-state index contributed by atoms with van der Waals surface area (Å²) < 4.78 is 0. The summed E-state index contributed by atoms with van der Waals surface area (Å²) in [6.07, 6.45) is 0. The number of aromatic nitrogens is 2. The summed E-state index contributed by atoms with van der Waals surface area (Å²) >= 11 is 0. The van der Waals surface area contributed by atoms with Crippen LogP contribution in [0.15, 0.2) is 6.07 Å². The molecule has 1 aromatic heterocycles. The van der Waals surface area contributed by atoms with Gasteiger partial charge in [-0.2, -0.15) is 0 Å². The summed E-state index contributed by atoms with van der Waals surface area (Å²) in [7, 11) is 0. The van der Waals surface area contributed by atoms with Crippen molar-refractivity contribution in [3.05, 3.63) is 11.9 Å². The van der Waals surface area contributed by atoms with Gasteiger partial charge in [-0.3, -0.25) is 4.79 Å². The first kappa shape index (κ1) is 14.6. The molecule has 0 aromatic carbocycles. The van der Waals surface area contributed by atoms with Crippen molar-refractivity contribution in [1.82, 2.24) is 14.9 Å². The minimum atomic E-state index is -0.134. The molecule has 2 heterocycles. The van der Waals surface area contributed by atoms with Gasteiger partial charge in [0.05, 0.1) is 0 Å². The molecule has 2 rings (SSSR count). The monoisotopic (exact) mass is 277 g/mol. The Labute approximate surface area is 120 Å². The molecule has 20 heavy (non-hydrogen) atoms. The SMILES string of the molecule is CC(=O)N1CCN(c2cc(N)nc(C(C)(C)C)n2)CC1. The summed E-state index contributed by atoms with van der Waals surface area (Å²) in [4.78, 5) is 24.3. The van der Waals surface area contributed by atoms with E-state index in [-0.39, 0.29) is 11.3 Å². The van der Waals surface area contributed by atoms with Crippen LogP contribution < -0.4 is 10.6 Å². The lowest BCUT2D eigenvalue weighted by atomic mass is 9.96. The summed E-state index contributed by atoms with van der Waals surface area (Å²) in [5.74, 6) is 2.23. The minimum Gasteiger partial charge on any atom is -0.384 e. The van der Waals surface area contributed by atoms with Crippen molar-refractivity contribution in [2.24, 2.45) is 0 Å². The number of nitrogens with two attached hydrogens (primary N) is 1. The molecule has 0 unspecified atom stereocenters. The van der Waals surface area contributed by atoms with E-state index in [1.165, 1.54) is 0 Å². The van der Waals surface area contributed by atoms with Crippen molar-refractivity contribution >= 4 is 17.5 Å². The van der Waals surface area contributed by atoms with E-state index in [1.54, 1.807) is 13.0 Å². The maximum atomic E-state index is 11.3. The fraction of sp³-hybridized carbons (Fsp3) is 0.643. The van der Waals surface area contributed by atoms with Crippen LogP contribution in [0.25, 0.3) is 0 Å². The van der Waals surface area contributed by atoms with Crippen molar-refractivity contribution in [1.29, 1.82) is 0 Å². The fourth-order valence-corrected chi connectivity index (χ4v) is 2.20. The predicted molar refractivity (Wildman–Crippen MR) is 79.6 cm³/mol. The fourth-order valence-electron chi connectivity index (χ4n) is 2.20. The second kappa shape index (κ2) is 5.26. The highest BCUT2D eigenvalue weighted by Gasteiger charge is 2.23. The molecule has 0 spiro atoms. The quantitative estimate of drug-likeness (QED) is 0.829. The third-order valence-corrected chi connectivity index (χ3v) is 3.45. The maximum absolute atomic E-state index is 11.3. The number of hydrogen-bond donors (Lipinski definition) is 1. The molecule has 1 amide bonds. The Morgan fingerprint density at radius 1 is 1.20 bits per heavy atom. The highest BCUT2D eigenvalue weighted by molar-refractivity contribution is 5.73. The maximum Gasteiger partial charge on any atom is 0.219 e. The van der Waals surface area contributed by atoms with Crippen LogP contribution in [0.2, 0.25) is 0 Å². The van der Waals surface area contributed by atoms with E-state index >= 15 is 0 Å². The van der Waals surface area contributed by atoms with Crippen molar-refractivity contribution in [2.75, 3.05) is 36.8 Å². The van der Waals surface area contributed by atoms with Gasteiger partial charge in [0.1, 0.15) is 17.5 Å². The highest BCUT2D eigenvalue weighted by Crippen LogP contribution is 2.23. The Morgan fingerprint density at radius 3 is 2.30 bits per heavy atom. The predicted octanol–water partition coefficient (Wildman–Crippen LogP) is 1.02. The average molecular weight is 277 g/mol. The molecule has 110 valence electrons. The lowest BCUT2D eigenvalue weighted by molar-refractivity contribution is -0.129. The van der Waals surface area contributed by atoms with Gasteiger partial charge in [-0.1, -0.05) is 20.8 Å². The van der Waals surface area contributed by atoms with E-state index in [1.807, 2.05) is 4.90 Å². The van der Waals surface area contributed by atoms with Crippen molar-refractivity contribution in [2.45, 2.75) is 33.1 Å². The van der Waals surface area contributed by atoms with Crippen molar-refractivity contribution in [3.63, 3.8) is 0 Å². The van der Waals surface area contributed by atoms with Crippen LogP contribution in [-0.2, 0) is 10.2 Å². The molecular weight excluding hydrogens is 254 g/mol. The molecule has 1 aliphatic rings. The molecule has 1 saturated heterocycles.